The number of aromatic nitrogens is 2. The highest BCUT2D eigenvalue weighted by Crippen LogP contribution is 2.27. The first-order chi connectivity index (χ1) is 11.5. The Hall–Kier alpha value is -2.96. The van der Waals surface area contributed by atoms with Gasteiger partial charge < -0.3 is 16.0 Å². The lowest BCUT2D eigenvalue weighted by molar-refractivity contribution is -0.114. The van der Waals surface area contributed by atoms with Gasteiger partial charge in [-0.3, -0.25) is 9.59 Å². The van der Waals surface area contributed by atoms with Gasteiger partial charge in [0, 0.05) is 30.5 Å². The number of carbonyl (C=O) groups excluding carboxylic acids is 2. The van der Waals surface area contributed by atoms with E-state index in [1.54, 1.807) is 12.1 Å². The minimum Gasteiger partial charge on any atom is -0.367 e. The number of nitrogens with one attached hydrogen (secondary N) is 3. The largest absolute Gasteiger partial charge is 0.367 e. The second-order valence-electron chi connectivity index (χ2n) is 5.82. The molecule has 0 saturated heterocycles. The summed E-state index contributed by atoms with van der Waals surface area (Å²) in [7, 11) is 0. The SMILES string of the molecule is CC(=O)Nc1cccc(Nc2ncc(C(C)=O)c(NC3CC3)n2)c1. The van der Waals surface area contributed by atoms with Gasteiger partial charge in [-0.25, -0.2) is 4.98 Å². The van der Waals surface area contributed by atoms with E-state index in [0.717, 1.165) is 18.5 Å². The van der Waals surface area contributed by atoms with Crippen molar-refractivity contribution in [2.75, 3.05) is 16.0 Å². The minimum absolute atomic E-state index is 0.0719. The Morgan fingerprint density at radius 3 is 2.58 bits per heavy atom. The molecule has 0 spiro atoms. The monoisotopic (exact) mass is 325 g/mol. The van der Waals surface area contributed by atoms with Crippen molar-refractivity contribution in [1.82, 2.24) is 9.97 Å². The van der Waals surface area contributed by atoms with Crippen molar-refractivity contribution in [2.45, 2.75) is 32.7 Å². The molecule has 2 aromatic rings. The third-order valence-electron chi connectivity index (χ3n) is 3.53. The summed E-state index contributed by atoms with van der Waals surface area (Å²) in [6, 6.07) is 7.64. The van der Waals surface area contributed by atoms with E-state index < -0.39 is 0 Å². The number of ketones is 1. The number of nitrogens with zero attached hydrogens (tertiary/aromatic N) is 2. The number of Topliss-reactive ketones (excluding diaryl/α,β-unsaturated/α-hetero) is 1. The number of hydrogen-bond donors (Lipinski definition) is 3. The third-order valence-corrected chi connectivity index (χ3v) is 3.53. The average molecular weight is 325 g/mol. The van der Waals surface area contributed by atoms with Crippen LogP contribution in [-0.2, 0) is 4.79 Å². The summed E-state index contributed by atoms with van der Waals surface area (Å²) >= 11 is 0. The van der Waals surface area contributed by atoms with Crippen LogP contribution in [-0.4, -0.2) is 27.7 Å². The Morgan fingerprint density at radius 2 is 1.92 bits per heavy atom. The summed E-state index contributed by atoms with van der Waals surface area (Å²) in [6.45, 7) is 2.96. The first kappa shape index (κ1) is 15.9. The molecule has 1 fully saturated rings. The first-order valence-electron chi connectivity index (χ1n) is 7.80. The molecule has 0 aliphatic heterocycles. The van der Waals surface area contributed by atoms with Crippen molar-refractivity contribution in [3.63, 3.8) is 0 Å². The lowest BCUT2D eigenvalue weighted by atomic mass is 10.2. The Kier molecular flexibility index (Phi) is 4.41. The number of amides is 1. The third kappa shape index (κ3) is 4.07. The molecule has 0 unspecified atom stereocenters. The topological polar surface area (TPSA) is 96.0 Å². The molecule has 3 N–H and O–H groups in total. The highest BCUT2D eigenvalue weighted by Gasteiger charge is 2.24. The van der Waals surface area contributed by atoms with Crippen molar-refractivity contribution < 1.29 is 9.59 Å². The summed E-state index contributed by atoms with van der Waals surface area (Å²) < 4.78 is 0. The standard InChI is InChI=1S/C17H19N5O2/c1-10(23)15-9-18-17(22-16(15)20-12-6-7-12)21-14-5-3-4-13(8-14)19-11(2)24/h3-5,8-9,12H,6-7H2,1-2H3,(H,19,24)(H2,18,20,21,22). The zero-order valence-corrected chi connectivity index (χ0v) is 13.6. The highest BCUT2D eigenvalue weighted by molar-refractivity contribution is 5.98. The van der Waals surface area contributed by atoms with E-state index in [-0.39, 0.29) is 11.7 Å². The Labute approximate surface area is 139 Å². The van der Waals surface area contributed by atoms with Gasteiger partial charge in [-0.15, -0.1) is 0 Å². The molecule has 3 rings (SSSR count). The van der Waals surface area contributed by atoms with Gasteiger partial charge in [-0.05, 0) is 38.0 Å². The van der Waals surface area contributed by atoms with Gasteiger partial charge in [0.15, 0.2) is 5.78 Å². The first-order valence-corrected chi connectivity index (χ1v) is 7.80. The van der Waals surface area contributed by atoms with Crippen LogP contribution in [0.4, 0.5) is 23.1 Å². The molecule has 7 nitrogen and oxygen atoms in total. The van der Waals surface area contributed by atoms with Crippen LogP contribution in [0.15, 0.2) is 30.5 Å². The predicted octanol–water partition coefficient (Wildman–Crippen LogP) is 2.96. The molecule has 0 radical (unpaired) electrons. The molecule has 1 aromatic heterocycles. The van der Waals surface area contributed by atoms with E-state index in [4.69, 9.17) is 0 Å². The zero-order valence-electron chi connectivity index (χ0n) is 13.6. The van der Waals surface area contributed by atoms with E-state index in [9.17, 15) is 9.59 Å². The normalized spacial score (nSPS) is 13.2. The highest BCUT2D eigenvalue weighted by atomic mass is 16.1. The number of hydrogen-bond acceptors (Lipinski definition) is 6. The number of rotatable bonds is 6. The summed E-state index contributed by atoms with van der Waals surface area (Å²) in [6.07, 6.45) is 3.70. The molecule has 124 valence electrons. The van der Waals surface area contributed by atoms with Gasteiger partial charge in [0.25, 0.3) is 0 Å². The Morgan fingerprint density at radius 1 is 1.17 bits per heavy atom. The van der Waals surface area contributed by atoms with Crippen LogP contribution in [0.5, 0.6) is 0 Å². The summed E-state index contributed by atoms with van der Waals surface area (Å²) in [5, 5.41) is 9.08. The van der Waals surface area contributed by atoms with Crippen molar-refractivity contribution >= 4 is 34.8 Å². The second kappa shape index (κ2) is 6.66. The molecular formula is C17H19N5O2. The van der Waals surface area contributed by atoms with Gasteiger partial charge in [-0.1, -0.05) is 6.07 Å². The fraction of sp³-hybridized carbons (Fsp3) is 0.294. The van der Waals surface area contributed by atoms with E-state index in [1.165, 1.54) is 20.0 Å². The Bertz CT molecular complexity index is 786. The molecule has 1 aliphatic rings. The molecule has 1 aliphatic carbocycles. The number of anilines is 4. The lowest BCUT2D eigenvalue weighted by Crippen LogP contribution is -2.11. The van der Waals surface area contributed by atoms with Crippen LogP contribution in [0.2, 0.25) is 0 Å². The Balaban J connectivity index is 1.81. The fourth-order valence-corrected chi connectivity index (χ4v) is 2.24. The van der Waals surface area contributed by atoms with E-state index in [2.05, 4.69) is 25.9 Å². The molecule has 1 aromatic carbocycles. The lowest BCUT2D eigenvalue weighted by Gasteiger charge is -2.11. The van der Waals surface area contributed by atoms with Crippen LogP contribution >= 0.6 is 0 Å². The molecule has 1 heterocycles. The summed E-state index contributed by atoms with van der Waals surface area (Å²) in [5.41, 5.74) is 1.91. The van der Waals surface area contributed by atoms with Crippen LogP contribution in [0.25, 0.3) is 0 Å². The quantitative estimate of drug-likeness (QED) is 0.707. The van der Waals surface area contributed by atoms with Crippen LogP contribution in [0, 0.1) is 0 Å². The van der Waals surface area contributed by atoms with Gasteiger partial charge in [-0.2, -0.15) is 4.98 Å². The molecule has 0 bridgehead atoms. The van der Waals surface area contributed by atoms with Crippen LogP contribution < -0.4 is 16.0 Å². The fourth-order valence-electron chi connectivity index (χ4n) is 2.24. The smallest absolute Gasteiger partial charge is 0.229 e. The second-order valence-corrected chi connectivity index (χ2v) is 5.82. The maximum absolute atomic E-state index is 11.7. The number of carbonyl (C=O) groups is 2. The average Bonchev–Trinajstić information content (AvgIpc) is 3.31. The van der Waals surface area contributed by atoms with Crippen molar-refractivity contribution in [3.8, 4) is 0 Å². The molecule has 1 amide bonds. The van der Waals surface area contributed by atoms with Gasteiger partial charge in [0.1, 0.15) is 5.82 Å². The predicted molar refractivity (Wildman–Crippen MR) is 92.7 cm³/mol. The van der Waals surface area contributed by atoms with E-state index >= 15 is 0 Å². The molecule has 7 heteroatoms. The van der Waals surface area contributed by atoms with E-state index in [1.807, 2.05) is 12.1 Å². The van der Waals surface area contributed by atoms with Gasteiger partial charge in [0.2, 0.25) is 11.9 Å². The summed E-state index contributed by atoms with van der Waals surface area (Å²) in [4.78, 5) is 31.5. The summed E-state index contributed by atoms with van der Waals surface area (Å²) in [5.74, 6) is 0.742. The van der Waals surface area contributed by atoms with Crippen LogP contribution in [0.3, 0.4) is 0 Å². The maximum atomic E-state index is 11.7. The number of benzene rings is 1. The van der Waals surface area contributed by atoms with Crippen molar-refractivity contribution in [2.24, 2.45) is 0 Å². The van der Waals surface area contributed by atoms with E-state index in [0.29, 0.717) is 29.1 Å². The molecule has 1 saturated carbocycles. The zero-order chi connectivity index (χ0) is 17.1. The van der Waals surface area contributed by atoms with Crippen molar-refractivity contribution in [3.05, 3.63) is 36.0 Å². The minimum atomic E-state index is -0.134. The maximum Gasteiger partial charge on any atom is 0.229 e. The van der Waals surface area contributed by atoms with Gasteiger partial charge in [0.05, 0.1) is 5.56 Å². The van der Waals surface area contributed by atoms with Crippen LogP contribution in [0.1, 0.15) is 37.0 Å². The molecule has 24 heavy (non-hydrogen) atoms. The molecular weight excluding hydrogens is 306 g/mol. The van der Waals surface area contributed by atoms with Gasteiger partial charge >= 0.3 is 0 Å². The van der Waals surface area contributed by atoms with Crippen molar-refractivity contribution in [1.29, 1.82) is 0 Å². The molecule has 0 atom stereocenters.